The molecule has 1 amide bonds. The Labute approximate surface area is 142 Å². The number of aromatic nitrogens is 5. The van der Waals surface area contributed by atoms with Crippen molar-refractivity contribution in [3.63, 3.8) is 0 Å². The minimum absolute atomic E-state index is 0.0560. The highest BCUT2D eigenvalue weighted by Gasteiger charge is 2.27. The van der Waals surface area contributed by atoms with Crippen LogP contribution < -0.4 is 10.9 Å². The summed E-state index contributed by atoms with van der Waals surface area (Å²) in [5.41, 5.74) is 0.147. The van der Waals surface area contributed by atoms with Gasteiger partial charge in [-0.15, -0.1) is 10.2 Å². The highest BCUT2D eigenvalue weighted by molar-refractivity contribution is 6.06. The Bertz CT molecular complexity index is 1040. The van der Waals surface area contributed by atoms with E-state index in [0.717, 1.165) is 24.5 Å². The lowest BCUT2D eigenvalue weighted by molar-refractivity contribution is 0.0927. The van der Waals surface area contributed by atoms with Crippen LogP contribution in [0.3, 0.4) is 0 Å². The number of furan rings is 1. The van der Waals surface area contributed by atoms with Gasteiger partial charge < -0.3 is 18.9 Å². The monoisotopic (exact) mass is 342 g/mol. The van der Waals surface area contributed by atoms with Gasteiger partial charge in [0.05, 0.1) is 5.56 Å². The molecule has 4 heterocycles. The van der Waals surface area contributed by atoms with Gasteiger partial charge in [-0.05, 0) is 20.3 Å². The van der Waals surface area contributed by atoms with Gasteiger partial charge in [0.1, 0.15) is 29.1 Å². The summed E-state index contributed by atoms with van der Waals surface area (Å²) in [6.07, 6.45) is 2.90. The molecule has 1 aliphatic heterocycles. The Kier molecular flexibility index (Phi) is 3.45. The Morgan fingerprint density at radius 1 is 1.36 bits per heavy atom. The van der Waals surface area contributed by atoms with Crippen molar-refractivity contribution in [3.8, 4) is 0 Å². The molecule has 25 heavy (non-hydrogen) atoms. The third-order valence-corrected chi connectivity index (χ3v) is 4.64. The maximum Gasteiger partial charge on any atom is 0.265 e. The number of nitrogens with one attached hydrogen (secondary N) is 1. The van der Waals surface area contributed by atoms with Crippen LogP contribution in [0.4, 0.5) is 0 Å². The molecule has 1 atom stereocenters. The molecule has 1 N–H and O–H groups in total. The molecule has 0 bridgehead atoms. The summed E-state index contributed by atoms with van der Waals surface area (Å²) < 4.78 is 8.84. The summed E-state index contributed by atoms with van der Waals surface area (Å²) in [6.45, 7) is 4.17. The number of amides is 1. The van der Waals surface area contributed by atoms with Crippen LogP contribution >= 0.6 is 0 Å². The number of hydrogen-bond acceptors (Lipinski definition) is 6. The molecule has 130 valence electrons. The minimum Gasteiger partial charge on any atom is -0.442 e. The van der Waals surface area contributed by atoms with Crippen molar-refractivity contribution >= 4 is 17.0 Å². The van der Waals surface area contributed by atoms with Crippen LogP contribution in [-0.2, 0) is 20.0 Å². The van der Waals surface area contributed by atoms with Crippen molar-refractivity contribution in [2.75, 3.05) is 0 Å². The van der Waals surface area contributed by atoms with Gasteiger partial charge in [0, 0.05) is 26.1 Å². The van der Waals surface area contributed by atoms with Crippen molar-refractivity contribution in [1.29, 1.82) is 0 Å². The molecule has 0 fully saturated rings. The van der Waals surface area contributed by atoms with Gasteiger partial charge in [-0.2, -0.15) is 0 Å². The number of carbonyl (C=O) groups excluding carboxylic acids is 1. The molecule has 3 aromatic heterocycles. The van der Waals surface area contributed by atoms with Gasteiger partial charge in [-0.3, -0.25) is 9.59 Å². The van der Waals surface area contributed by atoms with Crippen molar-refractivity contribution in [2.45, 2.75) is 39.3 Å². The average Bonchev–Trinajstić information content (AvgIpc) is 3.11. The molecule has 4 rings (SSSR count). The Hall–Kier alpha value is -2.97. The van der Waals surface area contributed by atoms with Crippen LogP contribution in [0, 0.1) is 13.8 Å². The predicted octanol–water partition coefficient (Wildman–Crippen LogP) is 0.480. The molecule has 0 radical (unpaired) electrons. The van der Waals surface area contributed by atoms with E-state index < -0.39 is 0 Å². The smallest absolute Gasteiger partial charge is 0.265 e. The predicted molar refractivity (Wildman–Crippen MR) is 88.3 cm³/mol. The van der Waals surface area contributed by atoms with E-state index in [0.29, 0.717) is 12.3 Å². The lowest BCUT2D eigenvalue weighted by Crippen LogP contribution is -2.41. The first kappa shape index (κ1) is 15.6. The second-order valence-corrected chi connectivity index (χ2v) is 6.36. The standard InChI is InChI=1S/C16H18N6O3/c1-8-12(13-15(25-8)17-7-21(3)16(13)24)14(23)18-10-4-5-11-20-19-9(2)22(11)6-10/h7,10H,4-6H2,1-3H3,(H,18,23). The molecule has 0 spiro atoms. The van der Waals surface area contributed by atoms with Gasteiger partial charge in [0.2, 0.25) is 5.71 Å². The third-order valence-electron chi connectivity index (χ3n) is 4.64. The van der Waals surface area contributed by atoms with E-state index in [-0.39, 0.29) is 34.2 Å². The van der Waals surface area contributed by atoms with Gasteiger partial charge in [0.15, 0.2) is 0 Å². The molecule has 3 aromatic rings. The second kappa shape index (κ2) is 5.54. The maximum atomic E-state index is 12.8. The topological polar surface area (TPSA) is 108 Å². The lowest BCUT2D eigenvalue weighted by Gasteiger charge is -2.24. The van der Waals surface area contributed by atoms with E-state index in [1.165, 1.54) is 10.9 Å². The summed E-state index contributed by atoms with van der Waals surface area (Å²) in [5.74, 6) is 1.84. The molecular formula is C16H18N6O3. The highest BCUT2D eigenvalue weighted by Crippen LogP contribution is 2.22. The zero-order valence-corrected chi connectivity index (χ0v) is 14.2. The first-order valence-corrected chi connectivity index (χ1v) is 8.10. The molecule has 0 aliphatic carbocycles. The van der Waals surface area contributed by atoms with Crippen LogP contribution in [0.25, 0.3) is 11.1 Å². The lowest BCUT2D eigenvalue weighted by atomic mass is 10.1. The molecule has 0 saturated heterocycles. The van der Waals surface area contributed by atoms with Crippen molar-refractivity contribution in [2.24, 2.45) is 7.05 Å². The van der Waals surface area contributed by atoms with E-state index in [1.54, 1.807) is 14.0 Å². The molecular weight excluding hydrogens is 324 g/mol. The zero-order chi connectivity index (χ0) is 17.7. The number of aryl methyl sites for hydroxylation is 4. The Morgan fingerprint density at radius 2 is 2.16 bits per heavy atom. The maximum absolute atomic E-state index is 12.8. The van der Waals surface area contributed by atoms with E-state index in [4.69, 9.17) is 4.42 Å². The summed E-state index contributed by atoms with van der Waals surface area (Å²) in [6, 6.07) is -0.0560. The van der Waals surface area contributed by atoms with Crippen LogP contribution in [0.5, 0.6) is 0 Å². The fourth-order valence-corrected chi connectivity index (χ4v) is 3.30. The molecule has 1 aliphatic rings. The molecule has 9 nitrogen and oxygen atoms in total. The fourth-order valence-electron chi connectivity index (χ4n) is 3.30. The van der Waals surface area contributed by atoms with Crippen LogP contribution in [-0.4, -0.2) is 36.3 Å². The number of hydrogen-bond donors (Lipinski definition) is 1. The van der Waals surface area contributed by atoms with Crippen LogP contribution in [0.15, 0.2) is 15.5 Å². The van der Waals surface area contributed by atoms with E-state index in [9.17, 15) is 9.59 Å². The third kappa shape index (κ3) is 2.43. The fraction of sp³-hybridized carbons (Fsp3) is 0.438. The SMILES string of the molecule is Cc1oc2ncn(C)c(=O)c2c1C(=O)NC1CCc2nnc(C)n2C1. The van der Waals surface area contributed by atoms with Crippen molar-refractivity contribution in [1.82, 2.24) is 29.6 Å². The molecule has 0 saturated carbocycles. The van der Waals surface area contributed by atoms with Crippen molar-refractivity contribution in [3.05, 3.63) is 39.7 Å². The highest BCUT2D eigenvalue weighted by atomic mass is 16.3. The van der Waals surface area contributed by atoms with Gasteiger partial charge in [0.25, 0.3) is 11.5 Å². The molecule has 1 unspecified atom stereocenters. The van der Waals surface area contributed by atoms with E-state index >= 15 is 0 Å². The van der Waals surface area contributed by atoms with Crippen LogP contribution in [0.2, 0.25) is 0 Å². The second-order valence-electron chi connectivity index (χ2n) is 6.36. The zero-order valence-electron chi connectivity index (χ0n) is 14.2. The van der Waals surface area contributed by atoms with E-state index in [1.807, 2.05) is 11.5 Å². The number of fused-ring (bicyclic) bond motifs is 2. The quantitative estimate of drug-likeness (QED) is 0.726. The number of carbonyl (C=O) groups is 1. The minimum atomic E-state index is -0.319. The van der Waals surface area contributed by atoms with Gasteiger partial charge in [-0.1, -0.05) is 0 Å². The van der Waals surface area contributed by atoms with E-state index in [2.05, 4.69) is 20.5 Å². The summed E-state index contributed by atoms with van der Waals surface area (Å²) in [4.78, 5) is 29.3. The normalized spacial score (nSPS) is 16.8. The number of rotatable bonds is 2. The van der Waals surface area contributed by atoms with Gasteiger partial charge in [-0.25, -0.2) is 4.98 Å². The van der Waals surface area contributed by atoms with Crippen LogP contribution in [0.1, 0.15) is 34.2 Å². The first-order chi connectivity index (χ1) is 12.0. The summed E-state index contributed by atoms with van der Waals surface area (Å²) in [5, 5.41) is 11.4. The number of nitrogens with zero attached hydrogens (tertiary/aromatic N) is 5. The molecule has 0 aromatic carbocycles. The summed E-state index contributed by atoms with van der Waals surface area (Å²) in [7, 11) is 1.59. The average molecular weight is 342 g/mol. The first-order valence-electron chi connectivity index (χ1n) is 8.10. The molecule has 9 heteroatoms. The van der Waals surface area contributed by atoms with Gasteiger partial charge >= 0.3 is 0 Å². The van der Waals surface area contributed by atoms with Crippen molar-refractivity contribution < 1.29 is 9.21 Å². The summed E-state index contributed by atoms with van der Waals surface area (Å²) >= 11 is 0. The Balaban J connectivity index is 1.65. The Morgan fingerprint density at radius 3 is 2.96 bits per heavy atom. The largest absolute Gasteiger partial charge is 0.442 e.